The average Bonchev–Trinajstić information content (AvgIpc) is 2.55. The predicted molar refractivity (Wildman–Crippen MR) is 90.7 cm³/mol. The zero-order valence-electron chi connectivity index (χ0n) is 12.0. The Morgan fingerprint density at radius 2 is 1.91 bits per heavy atom. The average molecular weight is 399 g/mol. The molecular formula is C16H13BrClNO4. The number of fused-ring (bicyclic) bond motifs is 1. The molecule has 0 fully saturated rings. The molecule has 0 spiro atoms. The number of benzene rings is 2. The van der Waals surface area contributed by atoms with Gasteiger partial charge in [-0.15, -0.1) is 0 Å². The SMILES string of the molecule is O=C(COc1ccccc1Cl)Nc1cc2c(cc1Br)OCCO2. The molecule has 1 N–H and O–H groups in total. The minimum Gasteiger partial charge on any atom is -0.486 e. The zero-order chi connectivity index (χ0) is 16.2. The first kappa shape index (κ1) is 16.0. The van der Waals surface area contributed by atoms with E-state index in [2.05, 4.69) is 21.2 Å². The Morgan fingerprint density at radius 3 is 2.65 bits per heavy atom. The van der Waals surface area contributed by atoms with Crippen molar-refractivity contribution in [3.8, 4) is 17.2 Å². The Labute approximate surface area is 146 Å². The highest BCUT2D eigenvalue weighted by molar-refractivity contribution is 9.10. The smallest absolute Gasteiger partial charge is 0.262 e. The van der Waals surface area contributed by atoms with Gasteiger partial charge in [0.25, 0.3) is 5.91 Å². The number of hydrogen-bond donors (Lipinski definition) is 1. The molecule has 0 saturated heterocycles. The minimum atomic E-state index is -0.303. The normalized spacial score (nSPS) is 12.6. The van der Waals surface area contributed by atoms with E-state index in [1.54, 1.807) is 36.4 Å². The first-order valence-corrected chi connectivity index (χ1v) is 8.07. The molecular weight excluding hydrogens is 386 g/mol. The monoisotopic (exact) mass is 397 g/mol. The molecule has 0 aromatic heterocycles. The minimum absolute atomic E-state index is 0.148. The molecule has 0 aliphatic carbocycles. The van der Waals surface area contributed by atoms with E-state index in [0.717, 1.165) is 0 Å². The van der Waals surface area contributed by atoms with Crippen LogP contribution in [0.2, 0.25) is 5.02 Å². The molecule has 23 heavy (non-hydrogen) atoms. The van der Waals surface area contributed by atoms with Gasteiger partial charge in [-0.2, -0.15) is 0 Å². The summed E-state index contributed by atoms with van der Waals surface area (Å²) in [6.07, 6.45) is 0. The fourth-order valence-corrected chi connectivity index (χ4v) is 2.66. The molecule has 1 aliphatic heterocycles. The maximum Gasteiger partial charge on any atom is 0.262 e. The molecule has 1 heterocycles. The van der Waals surface area contributed by atoms with Crippen molar-refractivity contribution in [2.75, 3.05) is 25.1 Å². The lowest BCUT2D eigenvalue weighted by atomic mass is 10.2. The van der Waals surface area contributed by atoms with Crippen molar-refractivity contribution in [1.29, 1.82) is 0 Å². The second kappa shape index (κ2) is 7.10. The fraction of sp³-hybridized carbons (Fsp3) is 0.188. The third-order valence-corrected chi connectivity index (χ3v) is 4.07. The van der Waals surface area contributed by atoms with Gasteiger partial charge in [0.2, 0.25) is 0 Å². The van der Waals surface area contributed by atoms with Gasteiger partial charge in [0.15, 0.2) is 18.1 Å². The Balaban J connectivity index is 1.65. The molecule has 0 saturated carbocycles. The van der Waals surface area contributed by atoms with E-state index in [-0.39, 0.29) is 12.5 Å². The summed E-state index contributed by atoms with van der Waals surface area (Å²) in [6, 6.07) is 10.5. The molecule has 0 unspecified atom stereocenters. The first-order valence-electron chi connectivity index (χ1n) is 6.90. The summed E-state index contributed by atoms with van der Waals surface area (Å²) in [4.78, 5) is 12.0. The van der Waals surface area contributed by atoms with Crippen LogP contribution < -0.4 is 19.5 Å². The second-order valence-corrected chi connectivity index (χ2v) is 6.00. The predicted octanol–water partition coefficient (Wildman–Crippen LogP) is 3.89. The lowest BCUT2D eigenvalue weighted by Crippen LogP contribution is -2.21. The number of rotatable bonds is 4. The molecule has 3 rings (SSSR count). The van der Waals surface area contributed by atoms with Crippen LogP contribution in [0.3, 0.4) is 0 Å². The van der Waals surface area contributed by atoms with E-state index >= 15 is 0 Å². The van der Waals surface area contributed by atoms with Crippen molar-refractivity contribution in [1.82, 2.24) is 0 Å². The fourth-order valence-electron chi connectivity index (χ4n) is 2.05. The summed E-state index contributed by atoms with van der Waals surface area (Å²) in [5.74, 6) is 1.41. The molecule has 0 atom stereocenters. The van der Waals surface area contributed by atoms with Gasteiger partial charge in [0.05, 0.1) is 10.7 Å². The van der Waals surface area contributed by atoms with Gasteiger partial charge in [-0.1, -0.05) is 23.7 Å². The van der Waals surface area contributed by atoms with Gasteiger partial charge in [-0.3, -0.25) is 4.79 Å². The molecule has 0 radical (unpaired) electrons. The number of para-hydroxylation sites is 1. The molecule has 2 aromatic rings. The summed E-state index contributed by atoms with van der Waals surface area (Å²) < 4.78 is 17.1. The Hall–Kier alpha value is -1.92. The van der Waals surface area contributed by atoms with Gasteiger partial charge in [0, 0.05) is 16.6 Å². The topological polar surface area (TPSA) is 56.8 Å². The lowest BCUT2D eigenvalue weighted by Gasteiger charge is -2.20. The van der Waals surface area contributed by atoms with Crippen molar-refractivity contribution in [3.05, 3.63) is 45.9 Å². The van der Waals surface area contributed by atoms with Crippen LogP contribution in [0.5, 0.6) is 17.2 Å². The number of hydrogen-bond acceptors (Lipinski definition) is 4. The highest BCUT2D eigenvalue weighted by atomic mass is 79.9. The largest absolute Gasteiger partial charge is 0.486 e. The van der Waals surface area contributed by atoms with Crippen LogP contribution in [0, 0.1) is 0 Å². The van der Waals surface area contributed by atoms with E-state index in [0.29, 0.717) is 45.6 Å². The van der Waals surface area contributed by atoms with Crippen molar-refractivity contribution in [2.24, 2.45) is 0 Å². The quantitative estimate of drug-likeness (QED) is 0.849. The highest BCUT2D eigenvalue weighted by Crippen LogP contribution is 2.38. The molecule has 0 bridgehead atoms. The lowest BCUT2D eigenvalue weighted by molar-refractivity contribution is -0.118. The molecule has 2 aromatic carbocycles. The Morgan fingerprint density at radius 1 is 1.22 bits per heavy atom. The summed E-state index contributed by atoms with van der Waals surface area (Å²) in [7, 11) is 0. The van der Waals surface area contributed by atoms with Crippen molar-refractivity contribution in [3.63, 3.8) is 0 Å². The van der Waals surface area contributed by atoms with Crippen LogP contribution >= 0.6 is 27.5 Å². The van der Waals surface area contributed by atoms with Crippen LogP contribution in [-0.2, 0) is 4.79 Å². The number of carbonyl (C=O) groups excluding carboxylic acids is 1. The van der Waals surface area contributed by atoms with Crippen LogP contribution in [0.1, 0.15) is 0 Å². The number of nitrogens with one attached hydrogen (secondary N) is 1. The van der Waals surface area contributed by atoms with E-state index in [4.69, 9.17) is 25.8 Å². The van der Waals surface area contributed by atoms with E-state index in [9.17, 15) is 4.79 Å². The van der Waals surface area contributed by atoms with Crippen molar-refractivity contribution in [2.45, 2.75) is 0 Å². The number of carbonyl (C=O) groups is 1. The van der Waals surface area contributed by atoms with Crippen molar-refractivity contribution >= 4 is 39.1 Å². The zero-order valence-corrected chi connectivity index (χ0v) is 14.3. The van der Waals surface area contributed by atoms with E-state index < -0.39 is 0 Å². The number of amides is 1. The highest BCUT2D eigenvalue weighted by Gasteiger charge is 2.16. The molecule has 1 amide bonds. The van der Waals surface area contributed by atoms with Gasteiger partial charge in [0.1, 0.15) is 19.0 Å². The maximum absolute atomic E-state index is 12.0. The second-order valence-electron chi connectivity index (χ2n) is 4.74. The standard InChI is InChI=1S/C16H13BrClNO4/c17-10-7-14-15(22-6-5-21-14)8-12(10)19-16(20)9-23-13-4-2-1-3-11(13)18/h1-4,7-8H,5-6,9H2,(H,19,20). The molecule has 120 valence electrons. The van der Waals surface area contributed by atoms with Gasteiger partial charge < -0.3 is 19.5 Å². The van der Waals surface area contributed by atoms with Crippen LogP contribution in [0.4, 0.5) is 5.69 Å². The van der Waals surface area contributed by atoms with Gasteiger partial charge >= 0.3 is 0 Å². The third-order valence-electron chi connectivity index (χ3n) is 3.10. The van der Waals surface area contributed by atoms with Crippen LogP contribution in [0.15, 0.2) is 40.9 Å². The summed E-state index contributed by atoms with van der Waals surface area (Å²) in [6.45, 7) is 0.846. The van der Waals surface area contributed by atoms with E-state index in [1.807, 2.05) is 0 Å². The Kier molecular flexibility index (Phi) is 4.93. The number of ether oxygens (including phenoxy) is 3. The first-order chi connectivity index (χ1) is 11.1. The van der Waals surface area contributed by atoms with E-state index in [1.165, 1.54) is 0 Å². The molecule has 1 aliphatic rings. The number of anilines is 1. The van der Waals surface area contributed by atoms with Gasteiger partial charge in [-0.25, -0.2) is 0 Å². The third kappa shape index (κ3) is 3.89. The van der Waals surface area contributed by atoms with Crippen LogP contribution in [0.25, 0.3) is 0 Å². The Bertz CT molecular complexity index is 738. The summed E-state index contributed by atoms with van der Waals surface area (Å²) in [5, 5.41) is 3.22. The van der Waals surface area contributed by atoms with Gasteiger partial charge in [-0.05, 0) is 28.1 Å². The number of halogens is 2. The maximum atomic E-state index is 12.0. The summed E-state index contributed by atoms with van der Waals surface area (Å²) in [5.41, 5.74) is 0.585. The molecule has 7 heteroatoms. The van der Waals surface area contributed by atoms with Crippen LogP contribution in [-0.4, -0.2) is 25.7 Å². The molecule has 5 nitrogen and oxygen atoms in total. The summed E-state index contributed by atoms with van der Waals surface area (Å²) >= 11 is 9.38. The van der Waals surface area contributed by atoms with Crippen molar-refractivity contribution < 1.29 is 19.0 Å².